The third-order valence-corrected chi connectivity index (χ3v) is 4.78. The molecule has 3 heterocycles. The van der Waals surface area contributed by atoms with Crippen LogP contribution in [-0.2, 0) is 5.41 Å². The molecule has 2 aromatic heterocycles. The van der Waals surface area contributed by atoms with Crippen molar-refractivity contribution in [3.05, 3.63) is 52.5 Å². The molecule has 0 saturated heterocycles. The molecule has 0 fully saturated rings. The van der Waals surface area contributed by atoms with Crippen LogP contribution in [0.5, 0.6) is 0 Å². The molecular formula is C16H13BrN4. The van der Waals surface area contributed by atoms with Crippen molar-refractivity contribution in [2.45, 2.75) is 19.3 Å². The maximum atomic E-state index is 4.91. The van der Waals surface area contributed by atoms with E-state index >= 15 is 0 Å². The number of benzene rings is 1. The van der Waals surface area contributed by atoms with Crippen molar-refractivity contribution in [1.82, 2.24) is 15.2 Å². The number of nitrogens with zero attached hydrogens (tertiary/aromatic N) is 3. The average molecular weight is 341 g/mol. The summed E-state index contributed by atoms with van der Waals surface area (Å²) in [4.78, 5) is 9.17. The minimum Gasteiger partial charge on any atom is -0.285 e. The third kappa shape index (κ3) is 1.70. The molecule has 0 bridgehead atoms. The topological polar surface area (TPSA) is 53.9 Å². The molecule has 0 radical (unpaired) electrons. The minimum atomic E-state index is -0.161. The van der Waals surface area contributed by atoms with Gasteiger partial charge in [0.2, 0.25) is 0 Å². The maximum absolute atomic E-state index is 4.91. The highest BCUT2D eigenvalue weighted by molar-refractivity contribution is 9.10. The van der Waals surface area contributed by atoms with Gasteiger partial charge in [0.1, 0.15) is 0 Å². The largest absolute Gasteiger partial charge is 0.285 e. The zero-order valence-corrected chi connectivity index (χ0v) is 13.3. The van der Waals surface area contributed by atoms with Gasteiger partial charge in [-0.3, -0.25) is 15.1 Å². The van der Waals surface area contributed by atoms with Gasteiger partial charge in [-0.2, -0.15) is 5.10 Å². The van der Waals surface area contributed by atoms with Gasteiger partial charge in [0.05, 0.1) is 17.6 Å². The Kier molecular flexibility index (Phi) is 2.57. The molecule has 0 atom stereocenters. The number of aromatic nitrogens is 3. The van der Waals surface area contributed by atoms with Crippen LogP contribution in [-0.4, -0.2) is 20.9 Å². The Bertz CT molecular complexity index is 879. The van der Waals surface area contributed by atoms with E-state index in [0.717, 1.165) is 32.2 Å². The summed E-state index contributed by atoms with van der Waals surface area (Å²) in [5, 5.41) is 9.13. The predicted octanol–water partition coefficient (Wildman–Crippen LogP) is 4.13. The first-order valence-electron chi connectivity index (χ1n) is 6.74. The fourth-order valence-electron chi connectivity index (χ4n) is 2.99. The monoisotopic (exact) mass is 340 g/mol. The Balaban J connectivity index is 2.07. The zero-order chi connectivity index (χ0) is 14.6. The third-order valence-electron chi connectivity index (χ3n) is 4.12. The SMILES string of the molecule is CC1(C)C(c2cn[nH]c2)=Nc2c1cc(Br)c1ccncc21. The van der Waals surface area contributed by atoms with Crippen molar-refractivity contribution in [2.75, 3.05) is 0 Å². The van der Waals surface area contributed by atoms with Gasteiger partial charge in [-0.15, -0.1) is 0 Å². The summed E-state index contributed by atoms with van der Waals surface area (Å²) in [5.41, 5.74) is 4.14. The number of nitrogens with one attached hydrogen (secondary N) is 1. The van der Waals surface area contributed by atoms with E-state index < -0.39 is 0 Å². The van der Waals surface area contributed by atoms with Crippen molar-refractivity contribution < 1.29 is 0 Å². The molecular weight excluding hydrogens is 328 g/mol. The van der Waals surface area contributed by atoms with Crippen LogP contribution in [0.1, 0.15) is 25.0 Å². The summed E-state index contributed by atoms with van der Waals surface area (Å²) in [7, 11) is 0. The van der Waals surface area contributed by atoms with Gasteiger partial charge in [-0.25, -0.2) is 0 Å². The number of fused-ring (bicyclic) bond motifs is 3. The highest BCUT2D eigenvalue weighted by Crippen LogP contribution is 2.47. The van der Waals surface area contributed by atoms with E-state index in [-0.39, 0.29) is 5.41 Å². The van der Waals surface area contributed by atoms with E-state index in [1.165, 1.54) is 5.56 Å². The lowest BCUT2D eigenvalue weighted by molar-refractivity contribution is 0.738. The molecule has 0 spiro atoms. The molecule has 104 valence electrons. The van der Waals surface area contributed by atoms with Crippen molar-refractivity contribution in [3.63, 3.8) is 0 Å². The number of halogens is 1. The Hall–Kier alpha value is -2.01. The number of aromatic amines is 1. The Labute approximate surface area is 130 Å². The van der Waals surface area contributed by atoms with Gasteiger partial charge in [0, 0.05) is 44.8 Å². The fraction of sp³-hybridized carbons (Fsp3) is 0.188. The Morgan fingerprint density at radius 2 is 2.05 bits per heavy atom. The highest BCUT2D eigenvalue weighted by atomic mass is 79.9. The van der Waals surface area contributed by atoms with E-state index in [1.807, 2.05) is 24.7 Å². The van der Waals surface area contributed by atoms with Crippen molar-refractivity contribution in [3.8, 4) is 0 Å². The van der Waals surface area contributed by atoms with Gasteiger partial charge < -0.3 is 0 Å². The van der Waals surface area contributed by atoms with Crippen LogP contribution in [0.3, 0.4) is 0 Å². The van der Waals surface area contributed by atoms with E-state index in [9.17, 15) is 0 Å². The summed E-state index contributed by atoms with van der Waals surface area (Å²) in [6.07, 6.45) is 7.40. The van der Waals surface area contributed by atoms with Gasteiger partial charge in [-0.1, -0.05) is 29.8 Å². The summed E-state index contributed by atoms with van der Waals surface area (Å²) in [5.74, 6) is 0. The lowest BCUT2D eigenvalue weighted by Crippen LogP contribution is -2.26. The van der Waals surface area contributed by atoms with Gasteiger partial charge in [0.15, 0.2) is 0 Å². The van der Waals surface area contributed by atoms with Crippen LogP contribution in [0.2, 0.25) is 0 Å². The second-order valence-electron chi connectivity index (χ2n) is 5.75. The number of pyridine rings is 1. The number of aliphatic imine (C=N–C) groups is 1. The van der Waals surface area contributed by atoms with Crippen LogP contribution >= 0.6 is 15.9 Å². The molecule has 0 amide bonds. The number of hydrogen-bond donors (Lipinski definition) is 1. The molecule has 1 aromatic carbocycles. The molecule has 0 aliphatic carbocycles. The first-order chi connectivity index (χ1) is 10.1. The van der Waals surface area contributed by atoms with Crippen molar-refractivity contribution in [1.29, 1.82) is 0 Å². The van der Waals surface area contributed by atoms with Gasteiger partial charge >= 0.3 is 0 Å². The van der Waals surface area contributed by atoms with Crippen LogP contribution in [0.4, 0.5) is 5.69 Å². The molecule has 5 heteroatoms. The predicted molar refractivity (Wildman–Crippen MR) is 87.3 cm³/mol. The second kappa shape index (κ2) is 4.24. The van der Waals surface area contributed by atoms with Gasteiger partial charge in [-0.05, 0) is 17.7 Å². The minimum absolute atomic E-state index is 0.161. The summed E-state index contributed by atoms with van der Waals surface area (Å²) < 4.78 is 1.08. The molecule has 1 aliphatic rings. The van der Waals surface area contributed by atoms with E-state index in [2.05, 4.69) is 51.0 Å². The zero-order valence-electron chi connectivity index (χ0n) is 11.7. The smallest absolute Gasteiger partial charge is 0.0769 e. The standard InChI is InChI=1S/C16H13BrN4/c1-16(2)12-5-13(17)10-3-4-18-8-11(10)14(12)21-15(16)9-6-19-20-7-9/h3-8H,1-2H3,(H,19,20). The van der Waals surface area contributed by atoms with Gasteiger partial charge in [0.25, 0.3) is 0 Å². The molecule has 3 aromatic rings. The van der Waals surface area contributed by atoms with E-state index in [1.54, 1.807) is 6.20 Å². The number of hydrogen-bond acceptors (Lipinski definition) is 3. The molecule has 1 N–H and O–H groups in total. The lowest BCUT2D eigenvalue weighted by atomic mass is 9.79. The highest BCUT2D eigenvalue weighted by Gasteiger charge is 2.37. The first-order valence-corrected chi connectivity index (χ1v) is 7.53. The lowest BCUT2D eigenvalue weighted by Gasteiger charge is -2.22. The Morgan fingerprint density at radius 3 is 2.81 bits per heavy atom. The van der Waals surface area contributed by atoms with E-state index in [0.29, 0.717) is 0 Å². The molecule has 1 aliphatic heterocycles. The van der Waals surface area contributed by atoms with Crippen molar-refractivity contribution in [2.24, 2.45) is 4.99 Å². The number of H-pyrrole nitrogens is 1. The van der Waals surface area contributed by atoms with Crippen LogP contribution in [0.15, 0.2) is 46.4 Å². The summed E-state index contributed by atoms with van der Waals surface area (Å²) in [6.45, 7) is 4.39. The van der Waals surface area contributed by atoms with E-state index in [4.69, 9.17) is 4.99 Å². The normalized spacial score (nSPS) is 16.0. The Morgan fingerprint density at radius 1 is 1.19 bits per heavy atom. The number of rotatable bonds is 1. The van der Waals surface area contributed by atoms with Crippen LogP contribution in [0.25, 0.3) is 10.8 Å². The first kappa shape index (κ1) is 12.7. The fourth-order valence-corrected chi connectivity index (χ4v) is 3.57. The summed E-state index contributed by atoms with van der Waals surface area (Å²) >= 11 is 3.67. The summed E-state index contributed by atoms with van der Waals surface area (Å²) in [6, 6.07) is 4.19. The molecule has 4 rings (SSSR count). The molecule has 4 nitrogen and oxygen atoms in total. The molecule has 0 unspecified atom stereocenters. The quantitative estimate of drug-likeness (QED) is 0.723. The van der Waals surface area contributed by atoms with Crippen molar-refractivity contribution >= 4 is 38.1 Å². The second-order valence-corrected chi connectivity index (χ2v) is 6.60. The molecule has 0 saturated carbocycles. The average Bonchev–Trinajstić information content (AvgIpc) is 3.07. The molecule has 21 heavy (non-hydrogen) atoms. The van der Waals surface area contributed by atoms with Crippen LogP contribution in [0, 0.1) is 0 Å². The van der Waals surface area contributed by atoms with Crippen LogP contribution < -0.4 is 0 Å². The maximum Gasteiger partial charge on any atom is 0.0769 e.